The summed E-state index contributed by atoms with van der Waals surface area (Å²) in [4.78, 5) is 2.41. The van der Waals surface area contributed by atoms with Gasteiger partial charge in [-0.05, 0) is 48.9 Å². The molecule has 2 heterocycles. The third kappa shape index (κ3) is 3.94. The monoisotopic (exact) mass is 393 g/mol. The third-order valence-corrected chi connectivity index (χ3v) is 6.08. The number of benzene rings is 2. The largest absolute Gasteiger partial charge is 0.419 e. The molecule has 2 aromatic carbocycles. The van der Waals surface area contributed by atoms with Crippen LogP contribution in [0.25, 0.3) is 0 Å². The van der Waals surface area contributed by atoms with E-state index in [0.29, 0.717) is 18.4 Å². The predicted octanol–water partition coefficient (Wildman–Crippen LogP) is 4.95. The van der Waals surface area contributed by atoms with E-state index in [1.807, 2.05) is 18.2 Å². The van der Waals surface area contributed by atoms with Gasteiger partial charge in [-0.25, -0.2) is 4.39 Å². The number of rotatable bonds is 4. The fourth-order valence-corrected chi connectivity index (χ4v) is 4.89. The number of alkyl halides is 3. The summed E-state index contributed by atoms with van der Waals surface area (Å²) >= 11 is 0. The highest BCUT2D eigenvalue weighted by molar-refractivity contribution is 5.29. The highest BCUT2D eigenvalue weighted by Crippen LogP contribution is 2.43. The summed E-state index contributed by atoms with van der Waals surface area (Å²) in [6, 6.07) is 13.6. The number of piperidine rings is 1. The number of fused-ring (bicyclic) bond motifs is 2. The minimum Gasteiger partial charge on any atom is -0.389 e. The molecule has 2 atom stereocenters. The van der Waals surface area contributed by atoms with Gasteiger partial charge in [0.1, 0.15) is 5.82 Å². The van der Waals surface area contributed by atoms with Gasteiger partial charge in [0.25, 0.3) is 0 Å². The highest BCUT2D eigenvalue weighted by atomic mass is 19.4. The van der Waals surface area contributed by atoms with Crippen molar-refractivity contribution in [2.24, 2.45) is 0 Å². The Hall–Kier alpha value is -1.92. The van der Waals surface area contributed by atoms with Crippen molar-refractivity contribution < 1.29 is 22.7 Å². The molecule has 2 bridgehead atoms. The first kappa shape index (κ1) is 19.4. The van der Waals surface area contributed by atoms with Gasteiger partial charge in [-0.2, -0.15) is 13.2 Å². The lowest BCUT2D eigenvalue weighted by Crippen LogP contribution is -2.51. The van der Waals surface area contributed by atoms with Crippen LogP contribution in [0.5, 0.6) is 0 Å². The minimum absolute atomic E-state index is 0.114. The normalized spacial score (nSPS) is 27.9. The van der Waals surface area contributed by atoms with Crippen molar-refractivity contribution in [1.82, 2.24) is 4.90 Å². The van der Waals surface area contributed by atoms with E-state index < -0.39 is 23.2 Å². The molecule has 2 nitrogen and oxygen atoms in total. The van der Waals surface area contributed by atoms with E-state index in [0.717, 1.165) is 31.5 Å². The molecule has 2 saturated heterocycles. The predicted molar refractivity (Wildman–Crippen MR) is 98.1 cm³/mol. The maximum Gasteiger partial charge on any atom is 0.419 e. The van der Waals surface area contributed by atoms with E-state index in [4.69, 9.17) is 0 Å². The van der Waals surface area contributed by atoms with Crippen LogP contribution in [0.4, 0.5) is 17.6 Å². The van der Waals surface area contributed by atoms with Gasteiger partial charge in [0.05, 0.1) is 11.2 Å². The quantitative estimate of drug-likeness (QED) is 0.744. The van der Waals surface area contributed by atoms with E-state index >= 15 is 0 Å². The van der Waals surface area contributed by atoms with E-state index in [-0.39, 0.29) is 18.5 Å². The molecule has 0 saturated carbocycles. The summed E-state index contributed by atoms with van der Waals surface area (Å²) in [7, 11) is 0. The lowest BCUT2D eigenvalue weighted by Gasteiger charge is -2.44. The molecule has 0 radical (unpaired) electrons. The molecular weight excluding hydrogens is 370 g/mol. The molecule has 0 spiro atoms. The summed E-state index contributed by atoms with van der Waals surface area (Å²) in [5.41, 5.74) is -0.775. The SMILES string of the molecule is OC1(Cc2ccc(F)c(C(F)(F)F)c2)CC2CCC(C1)N2Cc1ccccc1. The number of nitrogens with zero attached hydrogens (tertiary/aromatic N) is 1. The van der Waals surface area contributed by atoms with Crippen LogP contribution in [-0.2, 0) is 19.1 Å². The second kappa shape index (κ2) is 7.16. The summed E-state index contributed by atoms with van der Waals surface area (Å²) in [6.07, 6.45) is -1.61. The number of aliphatic hydroxyl groups is 1. The molecular formula is C22H23F4NO. The maximum absolute atomic E-state index is 13.5. The Balaban J connectivity index is 1.49. The topological polar surface area (TPSA) is 23.5 Å². The minimum atomic E-state index is -4.74. The van der Waals surface area contributed by atoms with Gasteiger partial charge in [0, 0.05) is 25.0 Å². The van der Waals surface area contributed by atoms with Gasteiger partial charge in [0.15, 0.2) is 0 Å². The van der Waals surface area contributed by atoms with Gasteiger partial charge in [0.2, 0.25) is 0 Å². The van der Waals surface area contributed by atoms with Gasteiger partial charge >= 0.3 is 6.18 Å². The molecule has 0 amide bonds. The molecule has 0 aromatic heterocycles. The zero-order chi connectivity index (χ0) is 19.9. The molecule has 2 aromatic rings. The number of hydrogen-bond acceptors (Lipinski definition) is 2. The van der Waals surface area contributed by atoms with Crippen LogP contribution >= 0.6 is 0 Å². The summed E-state index contributed by atoms with van der Waals surface area (Å²) in [5.74, 6) is -1.28. The first-order valence-corrected chi connectivity index (χ1v) is 9.61. The molecule has 2 aliphatic heterocycles. The summed E-state index contributed by atoms with van der Waals surface area (Å²) in [6.45, 7) is 0.820. The second-order valence-electron chi connectivity index (χ2n) is 8.16. The smallest absolute Gasteiger partial charge is 0.389 e. The van der Waals surface area contributed by atoms with E-state index in [1.54, 1.807) is 0 Å². The molecule has 4 rings (SSSR count). The molecule has 1 N–H and O–H groups in total. The number of hydrogen-bond donors (Lipinski definition) is 1. The van der Waals surface area contributed by atoms with Crippen LogP contribution in [0.3, 0.4) is 0 Å². The van der Waals surface area contributed by atoms with Crippen molar-refractivity contribution in [3.8, 4) is 0 Å². The average molecular weight is 393 g/mol. The molecule has 2 fully saturated rings. The van der Waals surface area contributed by atoms with Crippen LogP contribution < -0.4 is 0 Å². The standard InChI is InChI=1S/C22H23F4NO/c23-20-9-6-16(10-19(20)22(24,25)26)11-21(28)12-17-7-8-18(13-21)27(17)14-15-4-2-1-3-5-15/h1-6,9-10,17-18,28H,7-8,11-14H2. The third-order valence-electron chi connectivity index (χ3n) is 6.08. The summed E-state index contributed by atoms with van der Waals surface area (Å²) < 4.78 is 52.5. The zero-order valence-electron chi connectivity index (χ0n) is 15.4. The van der Waals surface area contributed by atoms with Crippen molar-refractivity contribution in [2.75, 3.05) is 0 Å². The van der Waals surface area contributed by atoms with E-state index in [1.165, 1.54) is 11.6 Å². The number of halogens is 4. The maximum atomic E-state index is 13.5. The molecule has 2 aliphatic rings. The van der Waals surface area contributed by atoms with Crippen LogP contribution in [0.2, 0.25) is 0 Å². The molecule has 2 unspecified atom stereocenters. The van der Waals surface area contributed by atoms with Crippen molar-refractivity contribution in [3.63, 3.8) is 0 Å². The fraction of sp³-hybridized carbons (Fsp3) is 0.455. The van der Waals surface area contributed by atoms with Gasteiger partial charge in [-0.15, -0.1) is 0 Å². The van der Waals surface area contributed by atoms with Crippen LogP contribution in [-0.4, -0.2) is 27.7 Å². The first-order chi connectivity index (χ1) is 13.2. The van der Waals surface area contributed by atoms with Crippen LogP contribution in [0.15, 0.2) is 48.5 Å². The Bertz CT molecular complexity index is 822. The van der Waals surface area contributed by atoms with Crippen molar-refractivity contribution in [3.05, 3.63) is 71.0 Å². The van der Waals surface area contributed by atoms with Crippen molar-refractivity contribution >= 4 is 0 Å². The Morgan fingerprint density at radius 1 is 0.964 bits per heavy atom. The molecule has 150 valence electrons. The Kier molecular flexibility index (Phi) is 4.96. The van der Waals surface area contributed by atoms with Crippen LogP contribution in [0.1, 0.15) is 42.4 Å². The molecule has 0 aliphatic carbocycles. The van der Waals surface area contributed by atoms with Gasteiger partial charge < -0.3 is 5.11 Å². The van der Waals surface area contributed by atoms with E-state index in [9.17, 15) is 22.7 Å². The fourth-order valence-electron chi connectivity index (χ4n) is 4.89. The Morgan fingerprint density at radius 3 is 2.21 bits per heavy atom. The van der Waals surface area contributed by atoms with E-state index in [2.05, 4.69) is 17.0 Å². The van der Waals surface area contributed by atoms with Gasteiger partial charge in [-0.1, -0.05) is 36.4 Å². The van der Waals surface area contributed by atoms with Crippen molar-refractivity contribution in [1.29, 1.82) is 0 Å². The Labute approximate surface area is 161 Å². The van der Waals surface area contributed by atoms with Crippen molar-refractivity contribution in [2.45, 2.75) is 62.5 Å². The van der Waals surface area contributed by atoms with Crippen LogP contribution in [0, 0.1) is 5.82 Å². The highest BCUT2D eigenvalue weighted by Gasteiger charge is 2.47. The second-order valence-corrected chi connectivity index (χ2v) is 8.16. The lowest BCUT2D eigenvalue weighted by molar-refractivity contribution is -0.140. The lowest BCUT2D eigenvalue weighted by atomic mass is 9.81. The zero-order valence-corrected chi connectivity index (χ0v) is 15.4. The Morgan fingerprint density at radius 2 is 1.61 bits per heavy atom. The molecule has 6 heteroatoms. The average Bonchev–Trinajstić information content (AvgIpc) is 2.87. The first-order valence-electron chi connectivity index (χ1n) is 9.61. The molecule has 28 heavy (non-hydrogen) atoms. The van der Waals surface area contributed by atoms with Gasteiger partial charge in [-0.3, -0.25) is 4.90 Å². The summed E-state index contributed by atoms with van der Waals surface area (Å²) in [5, 5.41) is 11.2.